The number of anilines is 1. The van der Waals surface area contributed by atoms with Crippen molar-refractivity contribution in [3.05, 3.63) is 29.3 Å². The number of piperidine rings is 1. The van der Waals surface area contributed by atoms with Crippen molar-refractivity contribution in [1.82, 2.24) is 9.80 Å². The Morgan fingerprint density at radius 1 is 1.25 bits per heavy atom. The Morgan fingerprint density at radius 2 is 1.96 bits per heavy atom. The predicted molar refractivity (Wildman–Crippen MR) is 97.2 cm³/mol. The van der Waals surface area contributed by atoms with E-state index in [1.807, 2.05) is 55.7 Å². The van der Waals surface area contributed by atoms with Crippen LogP contribution < -0.4 is 5.32 Å². The molecule has 0 saturated carbocycles. The van der Waals surface area contributed by atoms with E-state index < -0.39 is 0 Å². The van der Waals surface area contributed by atoms with E-state index >= 15 is 0 Å². The van der Waals surface area contributed by atoms with Gasteiger partial charge in [0.05, 0.1) is 5.92 Å². The summed E-state index contributed by atoms with van der Waals surface area (Å²) < 4.78 is 0. The molecule has 1 aromatic carbocycles. The quantitative estimate of drug-likeness (QED) is 0.919. The first-order valence-electron chi connectivity index (χ1n) is 8.88. The highest BCUT2D eigenvalue weighted by atomic mass is 16.2. The molecule has 0 aliphatic carbocycles. The van der Waals surface area contributed by atoms with Crippen molar-refractivity contribution in [3.8, 4) is 0 Å². The molecule has 1 saturated heterocycles. The fourth-order valence-corrected chi connectivity index (χ4v) is 3.18. The van der Waals surface area contributed by atoms with Crippen LogP contribution in [0.25, 0.3) is 0 Å². The SMILES string of the molecule is CCN(CC)C(=O)N1CCC[C@@H](C(=O)Nc2cccc(C)c2C)C1. The van der Waals surface area contributed by atoms with Gasteiger partial charge in [-0.05, 0) is 57.7 Å². The maximum atomic E-state index is 12.6. The topological polar surface area (TPSA) is 52.7 Å². The van der Waals surface area contributed by atoms with E-state index in [2.05, 4.69) is 5.32 Å². The molecule has 1 N–H and O–H groups in total. The number of hydrogen-bond donors (Lipinski definition) is 1. The molecule has 1 aliphatic rings. The van der Waals surface area contributed by atoms with Gasteiger partial charge in [-0.2, -0.15) is 0 Å². The normalized spacial score (nSPS) is 17.5. The minimum absolute atomic E-state index is 0.0146. The summed E-state index contributed by atoms with van der Waals surface area (Å²) in [5.74, 6) is -0.126. The van der Waals surface area contributed by atoms with Crippen LogP contribution in [-0.4, -0.2) is 47.9 Å². The van der Waals surface area contributed by atoms with Gasteiger partial charge in [0.2, 0.25) is 5.91 Å². The van der Waals surface area contributed by atoms with Crippen LogP contribution in [0.4, 0.5) is 10.5 Å². The van der Waals surface area contributed by atoms with Gasteiger partial charge < -0.3 is 15.1 Å². The fraction of sp³-hybridized carbons (Fsp3) is 0.579. The smallest absolute Gasteiger partial charge is 0.320 e. The van der Waals surface area contributed by atoms with Crippen molar-refractivity contribution in [2.45, 2.75) is 40.5 Å². The van der Waals surface area contributed by atoms with Gasteiger partial charge in [0.15, 0.2) is 0 Å². The third-order valence-corrected chi connectivity index (χ3v) is 4.96. The zero-order chi connectivity index (χ0) is 17.7. The summed E-state index contributed by atoms with van der Waals surface area (Å²) in [6, 6.07) is 5.97. The number of rotatable bonds is 4. The highest BCUT2D eigenvalue weighted by Gasteiger charge is 2.30. The molecule has 3 amide bonds. The molecule has 5 heteroatoms. The van der Waals surface area contributed by atoms with Crippen LogP contribution in [0.1, 0.15) is 37.8 Å². The molecule has 132 valence electrons. The van der Waals surface area contributed by atoms with E-state index in [4.69, 9.17) is 0 Å². The van der Waals surface area contributed by atoms with Crippen LogP contribution in [0.3, 0.4) is 0 Å². The van der Waals surface area contributed by atoms with Crippen LogP contribution >= 0.6 is 0 Å². The van der Waals surface area contributed by atoms with E-state index in [-0.39, 0.29) is 17.9 Å². The second-order valence-corrected chi connectivity index (χ2v) is 6.48. The Balaban J connectivity index is 2.02. The first-order valence-corrected chi connectivity index (χ1v) is 8.88. The number of hydrogen-bond acceptors (Lipinski definition) is 2. The van der Waals surface area contributed by atoms with Gasteiger partial charge in [0, 0.05) is 31.9 Å². The molecule has 1 heterocycles. The summed E-state index contributed by atoms with van der Waals surface area (Å²) in [4.78, 5) is 28.8. The number of amides is 3. The fourth-order valence-electron chi connectivity index (χ4n) is 3.18. The van der Waals surface area contributed by atoms with Crippen molar-refractivity contribution in [3.63, 3.8) is 0 Å². The highest BCUT2D eigenvalue weighted by Crippen LogP contribution is 2.22. The second-order valence-electron chi connectivity index (χ2n) is 6.48. The van der Waals surface area contributed by atoms with Gasteiger partial charge >= 0.3 is 6.03 Å². The van der Waals surface area contributed by atoms with Crippen molar-refractivity contribution in [1.29, 1.82) is 0 Å². The molecule has 0 aromatic heterocycles. The number of nitrogens with one attached hydrogen (secondary N) is 1. The third kappa shape index (κ3) is 4.08. The maximum Gasteiger partial charge on any atom is 0.320 e. The van der Waals surface area contributed by atoms with Crippen molar-refractivity contribution >= 4 is 17.6 Å². The van der Waals surface area contributed by atoms with Crippen molar-refractivity contribution in [2.75, 3.05) is 31.5 Å². The van der Waals surface area contributed by atoms with Gasteiger partial charge in [-0.1, -0.05) is 12.1 Å². The summed E-state index contributed by atoms with van der Waals surface area (Å²) in [6.45, 7) is 10.7. The lowest BCUT2D eigenvalue weighted by atomic mass is 9.97. The highest BCUT2D eigenvalue weighted by molar-refractivity contribution is 5.94. The molecule has 0 radical (unpaired) electrons. The maximum absolute atomic E-state index is 12.6. The summed E-state index contributed by atoms with van der Waals surface area (Å²) in [5, 5.41) is 3.05. The Hall–Kier alpha value is -2.04. The lowest BCUT2D eigenvalue weighted by molar-refractivity contribution is -0.121. The van der Waals surface area contributed by atoms with Crippen LogP contribution in [0, 0.1) is 19.8 Å². The third-order valence-electron chi connectivity index (χ3n) is 4.96. The number of carbonyl (C=O) groups excluding carboxylic acids is 2. The van der Waals surface area contributed by atoms with Crippen LogP contribution in [-0.2, 0) is 4.79 Å². The Labute approximate surface area is 145 Å². The number of carbonyl (C=O) groups is 2. The van der Waals surface area contributed by atoms with E-state index in [9.17, 15) is 9.59 Å². The molecule has 1 fully saturated rings. The van der Waals surface area contributed by atoms with Crippen LogP contribution in [0.2, 0.25) is 0 Å². The molecular weight excluding hydrogens is 302 g/mol. The number of urea groups is 1. The summed E-state index contributed by atoms with van der Waals surface area (Å²) >= 11 is 0. The molecule has 1 atom stereocenters. The molecule has 1 aromatic rings. The predicted octanol–water partition coefficient (Wildman–Crippen LogP) is 3.42. The Kier molecular flexibility index (Phi) is 6.23. The molecule has 24 heavy (non-hydrogen) atoms. The molecule has 0 unspecified atom stereocenters. The number of aryl methyl sites for hydroxylation is 1. The number of likely N-dealkylation sites (tertiary alicyclic amines) is 1. The molecule has 5 nitrogen and oxygen atoms in total. The van der Waals surface area contributed by atoms with E-state index in [0.717, 1.165) is 36.2 Å². The van der Waals surface area contributed by atoms with Crippen LogP contribution in [0.5, 0.6) is 0 Å². The average molecular weight is 331 g/mol. The zero-order valence-electron chi connectivity index (χ0n) is 15.3. The minimum Gasteiger partial charge on any atom is -0.326 e. The monoisotopic (exact) mass is 331 g/mol. The Morgan fingerprint density at radius 3 is 2.62 bits per heavy atom. The lowest BCUT2D eigenvalue weighted by Crippen LogP contribution is -2.49. The average Bonchev–Trinajstić information content (AvgIpc) is 2.60. The molecule has 0 spiro atoms. The van der Waals surface area contributed by atoms with Gasteiger partial charge in [-0.15, -0.1) is 0 Å². The summed E-state index contributed by atoms with van der Waals surface area (Å²) in [7, 11) is 0. The molecular formula is C19H29N3O2. The van der Waals surface area contributed by atoms with Crippen molar-refractivity contribution < 1.29 is 9.59 Å². The zero-order valence-corrected chi connectivity index (χ0v) is 15.3. The number of nitrogens with zero attached hydrogens (tertiary/aromatic N) is 2. The lowest BCUT2D eigenvalue weighted by Gasteiger charge is -2.35. The Bertz CT molecular complexity index is 596. The summed E-state index contributed by atoms with van der Waals surface area (Å²) in [5.41, 5.74) is 3.12. The second kappa shape index (κ2) is 8.18. The van der Waals surface area contributed by atoms with Crippen LogP contribution in [0.15, 0.2) is 18.2 Å². The minimum atomic E-state index is -0.141. The first kappa shape index (κ1) is 18.3. The summed E-state index contributed by atoms with van der Waals surface area (Å²) in [6.07, 6.45) is 1.70. The van der Waals surface area contributed by atoms with E-state index in [0.29, 0.717) is 19.6 Å². The van der Waals surface area contributed by atoms with Gasteiger partial charge in [0.1, 0.15) is 0 Å². The molecule has 2 rings (SSSR count). The largest absolute Gasteiger partial charge is 0.326 e. The molecule has 0 bridgehead atoms. The van der Waals surface area contributed by atoms with E-state index in [1.54, 1.807) is 0 Å². The first-order chi connectivity index (χ1) is 11.5. The number of benzene rings is 1. The standard InChI is InChI=1S/C19H29N3O2/c1-5-21(6-2)19(24)22-12-8-10-16(13-22)18(23)20-17-11-7-9-14(3)15(17)4/h7,9,11,16H,5-6,8,10,12-13H2,1-4H3,(H,20,23)/t16-/m1/s1. The van der Waals surface area contributed by atoms with Crippen molar-refractivity contribution in [2.24, 2.45) is 5.92 Å². The van der Waals surface area contributed by atoms with Gasteiger partial charge in [-0.25, -0.2) is 4.79 Å². The molecule has 1 aliphatic heterocycles. The van der Waals surface area contributed by atoms with Gasteiger partial charge in [0.25, 0.3) is 0 Å². The van der Waals surface area contributed by atoms with Gasteiger partial charge in [-0.3, -0.25) is 4.79 Å². The van der Waals surface area contributed by atoms with E-state index in [1.165, 1.54) is 0 Å².